The molecule has 1 aliphatic heterocycles. The van der Waals surface area contributed by atoms with Gasteiger partial charge >= 0.3 is 12.2 Å². The second kappa shape index (κ2) is 7.94. The number of nitrogens with zero attached hydrogens (tertiary/aromatic N) is 2. The van der Waals surface area contributed by atoms with Crippen LogP contribution in [0.3, 0.4) is 0 Å². The number of aromatic nitrogens is 1. The summed E-state index contributed by atoms with van der Waals surface area (Å²) in [5.41, 5.74) is -0.264. The molecule has 1 aromatic heterocycles. The Morgan fingerprint density at radius 3 is 2.69 bits per heavy atom. The lowest BCUT2D eigenvalue weighted by Gasteiger charge is -2.14. The number of rotatable bonds is 5. The van der Waals surface area contributed by atoms with E-state index in [1.54, 1.807) is 11.3 Å². The lowest BCUT2D eigenvalue weighted by atomic mass is 10.1. The molecule has 1 aromatic carbocycles. The molecule has 26 heavy (non-hydrogen) atoms. The maximum absolute atomic E-state index is 12.9. The third kappa shape index (κ3) is 4.66. The lowest BCUT2D eigenvalue weighted by Crippen LogP contribution is -2.31. The predicted octanol–water partition coefficient (Wildman–Crippen LogP) is 4.13. The Morgan fingerprint density at radius 1 is 1.23 bits per heavy atom. The van der Waals surface area contributed by atoms with E-state index in [0.717, 1.165) is 30.0 Å². The van der Waals surface area contributed by atoms with Crippen LogP contribution in [0.4, 0.5) is 28.8 Å². The van der Waals surface area contributed by atoms with Gasteiger partial charge in [0.05, 0.1) is 16.9 Å². The van der Waals surface area contributed by atoms with Crippen LogP contribution in [0, 0.1) is 0 Å². The normalized spacial score (nSPS) is 14.5. The highest BCUT2D eigenvalue weighted by Crippen LogP contribution is 2.34. The van der Waals surface area contributed by atoms with Gasteiger partial charge in [-0.1, -0.05) is 12.1 Å². The molecule has 0 radical (unpaired) electrons. The van der Waals surface area contributed by atoms with E-state index in [1.807, 2.05) is 5.38 Å². The summed E-state index contributed by atoms with van der Waals surface area (Å²) >= 11 is 1.57. The van der Waals surface area contributed by atoms with Gasteiger partial charge in [-0.25, -0.2) is 9.78 Å². The number of amides is 2. The summed E-state index contributed by atoms with van der Waals surface area (Å²) < 4.78 is 38.8. The SMILES string of the molecule is O=C(NCCc1csc(N2CCCC2)n1)Nc1ccccc1C(F)(F)F. The Morgan fingerprint density at radius 2 is 1.96 bits per heavy atom. The van der Waals surface area contributed by atoms with Crippen molar-refractivity contribution in [1.82, 2.24) is 10.3 Å². The van der Waals surface area contributed by atoms with Crippen molar-refractivity contribution in [2.75, 3.05) is 29.9 Å². The van der Waals surface area contributed by atoms with Crippen LogP contribution in [0.2, 0.25) is 0 Å². The average Bonchev–Trinajstić information content (AvgIpc) is 3.25. The highest BCUT2D eigenvalue weighted by molar-refractivity contribution is 7.13. The molecule has 1 aliphatic rings. The third-order valence-corrected chi connectivity index (χ3v) is 5.01. The Labute approximate surface area is 153 Å². The molecule has 0 bridgehead atoms. The predicted molar refractivity (Wildman–Crippen MR) is 95.7 cm³/mol. The summed E-state index contributed by atoms with van der Waals surface area (Å²) in [6, 6.07) is 4.22. The number of nitrogens with one attached hydrogen (secondary N) is 2. The zero-order valence-corrected chi connectivity index (χ0v) is 14.8. The Balaban J connectivity index is 1.49. The number of benzene rings is 1. The second-order valence-corrected chi connectivity index (χ2v) is 6.83. The van der Waals surface area contributed by atoms with Gasteiger partial charge in [-0.15, -0.1) is 11.3 Å². The minimum absolute atomic E-state index is 0.262. The van der Waals surface area contributed by atoms with Crippen molar-refractivity contribution < 1.29 is 18.0 Å². The summed E-state index contributed by atoms with van der Waals surface area (Å²) in [5, 5.41) is 7.77. The number of thiazole rings is 1. The van der Waals surface area contributed by atoms with Gasteiger partial charge in [-0.05, 0) is 25.0 Å². The van der Waals surface area contributed by atoms with Crippen LogP contribution in [0.5, 0.6) is 0 Å². The number of halogens is 3. The van der Waals surface area contributed by atoms with Crippen molar-refractivity contribution in [3.63, 3.8) is 0 Å². The highest BCUT2D eigenvalue weighted by Gasteiger charge is 2.33. The first-order valence-corrected chi connectivity index (χ1v) is 9.22. The van der Waals surface area contributed by atoms with Crippen LogP contribution in [0.25, 0.3) is 0 Å². The molecule has 2 aromatic rings. The topological polar surface area (TPSA) is 57.3 Å². The van der Waals surface area contributed by atoms with Crippen LogP contribution in [0.1, 0.15) is 24.1 Å². The van der Waals surface area contributed by atoms with Gasteiger partial charge in [0.2, 0.25) is 0 Å². The van der Waals surface area contributed by atoms with E-state index in [4.69, 9.17) is 0 Å². The molecule has 5 nitrogen and oxygen atoms in total. The quantitative estimate of drug-likeness (QED) is 0.815. The Hall–Kier alpha value is -2.29. The number of carbonyl (C=O) groups excluding carboxylic acids is 1. The lowest BCUT2D eigenvalue weighted by molar-refractivity contribution is -0.136. The van der Waals surface area contributed by atoms with Gasteiger partial charge in [0.25, 0.3) is 0 Å². The van der Waals surface area contributed by atoms with Gasteiger partial charge in [0.15, 0.2) is 5.13 Å². The molecule has 0 saturated carbocycles. The van der Waals surface area contributed by atoms with E-state index in [2.05, 4.69) is 20.5 Å². The molecule has 3 rings (SSSR count). The van der Waals surface area contributed by atoms with E-state index in [-0.39, 0.29) is 5.69 Å². The monoisotopic (exact) mass is 384 g/mol. The van der Waals surface area contributed by atoms with Crippen molar-refractivity contribution in [3.8, 4) is 0 Å². The summed E-state index contributed by atoms with van der Waals surface area (Å²) in [6.07, 6.45) is -1.64. The molecule has 2 amide bonds. The Kier molecular flexibility index (Phi) is 5.65. The largest absolute Gasteiger partial charge is 0.418 e. The van der Waals surface area contributed by atoms with Gasteiger partial charge in [-0.2, -0.15) is 13.2 Å². The molecule has 1 saturated heterocycles. The molecule has 9 heteroatoms. The molecule has 0 unspecified atom stereocenters. The van der Waals surface area contributed by atoms with Crippen molar-refractivity contribution in [2.24, 2.45) is 0 Å². The van der Waals surface area contributed by atoms with Gasteiger partial charge in [-0.3, -0.25) is 0 Å². The molecule has 140 valence electrons. The number of hydrogen-bond donors (Lipinski definition) is 2. The fourth-order valence-electron chi connectivity index (χ4n) is 2.77. The third-order valence-electron chi connectivity index (χ3n) is 4.06. The first kappa shape index (κ1) is 18.5. The van der Waals surface area contributed by atoms with Crippen molar-refractivity contribution in [3.05, 3.63) is 40.9 Å². The summed E-state index contributed by atoms with van der Waals surface area (Å²) in [6.45, 7) is 2.33. The first-order valence-electron chi connectivity index (χ1n) is 8.34. The highest BCUT2D eigenvalue weighted by atomic mass is 32.1. The minimum Gasteiger partial charge on any atom is -0.348 e. The smallest absolute Gasteiger partial charge is 0.348 e. The fraction of sp³-hybridized carbons (Fsp3) is 0.412. The van der Waals surface area contributed by atoms with Crippen molar-refractivity contribution in [1.29, 1.82) is 0 Å². The molecule has 1 fully saturated rings. The minimum atomic E-state index is -4.52. The fourth-order valence-corrected chi connectivity index (χ4v) is 3.69. The molecular weight excluding hydrogens is 365 g/mol. The number of urea groups is 1. The summed E-state index contributed by atoms with van der Waals surface area (Å²) in [7, 11) is 0. The standard InChI is InChI=1S/C17H19F3N4OS/c18-17(19,20)13-5-1-2-6-14(13)23-15(25)21-8-7-12-11-26-16(22-12)24-9-3-4-10-24/h1-2,5-6,11H,3-4,7-10H2,(H2,21,23,25). The van der Waals surface area contributed by atoms with E-state index in [0.29, 0.717) is 13.0 Å². The molecule has 0 spiro atoms. The molecule has 2 heterocycles. The zero-order chi connectivity index (χ0) is 18.6. The Bertz CT molecular complexity index is 756. The number of alkyl halides is 3. The molecule has 0 atom stereocenters. The van der Waals surface area contributed by atoms with Crippen molar-refractivity contribution in [2.45, 2.75) is 25.4 Å². The van der Waals surface area contributed by atoms with Crippen LogP contribution < -0.4 is 15.5 Å². The van der Waals surface area contributed by atoms with Gasteiger partial charge in [0, 0.05) is 31.4 Å². The number of anilines is 2. The van der Waals surface area contributed by atoms with Crippen LogP contribution >= 0.6 is 11.3 Å². The summed E-state index contributed by atoms with van der Waals surface area (Å²) in [5.74, 6) is 0. The second-order valence-electron chi connectivity index (χ2n) is 5.99. The molecular formula is C17H19F3N4OS. The van der Waals surface area contributed by atoms with Gasteiger partial charge in [0.1, 0.15) is 0 Å². The van der Waals surface area contributed by atoms with E-state index in [9.17, 15) is 18.0 Å². The first-order chi connectivity index (χ1) is 12.4. The molecule has 2 N–H and O–H groups in total. The van der Waals surface area contributed by atoms with Crippen LogP contribution in [0.15, 0.2) is 29.6 Å². The average molecular weight is 384 g/mol. The number of carbonyl (C=O) groups is 1. The molecule has 0 aliphatic carbocycles. The number of para-hydroxylation sites is 1. The number of hydrogen-bond acceptors (Lipinski definition) is 4. The van der Waals surface area contributed by atoms with Gasteiger partial charge < -0.3 is 15.5 Å². The zero-order valence-electron chi connectivity index (χ0n) is 14.0. The van der Waals surface area contributed by atoms with Crippen molar-refractivity contribution >= 4 is 28.2 Å². The summed E-state index contributed by atoms with van der Waals surface area (Å²) in [4.78, 5) is 18.7. The van der Waals surface area contributed by atoms with E-state index in [1.165, 1.54) is 31.0 Å². The van der Waals surface area contributed by atoms with Crippen LogP contribution in [-0.2, 0) is 12.6 Å². The van der Waals surface area contributed by atoms with Crippen LogP contribution in [-0.4, -0.2) is 30.6 Å². The van der Waals surface area contributed by atoms with E-state index < -0.39 is 17.8 Å². The maximum Gasteiger partial charge on any atom is 0.418 e. The maximum atomic E-state index is 12.9. The van der Waals surface area contributed by atoms with E-state index >= 15 is 0 Å².